The Hall–Kier alpha value is -2.41. The van der Waals surface area contributed by atoms with Crippen LogP contribution in [0.5, 0.6) is 0 Å². The number of hydrogen-bond donors (Lipinski definition) is 3. The zero-order valence-electron chi connectivity index (χ0n) is 11.5. The first-order chi connectivity index (χ1) is 9.93. The van der Waals surface area contributed by atoms with Gasteiger partial charge in [0, 0.05) is 19.1 Å². The first-order valence-electron chi connectivity index (χ1n) is 6.27. The Labute approximate surface area is 121 Å². The molecule has 0 aliphatic heterocycles. The fraction of sp³-hybridized carbons (Fsp3) is 0.357. The lowest BCUT2D eigenvalue weighted by Gasteiger charge is -2.14. The van der Waals surface area contributed by atoms with E-state index >= 15 is 0 Å². The van der Waals surface area contributed by atoms with Gasteiger partial charge in [0.2, 0.25) is 0 Å². The van der Waals surface area contributed by atoms with Gasteiger partial charge in [-0.3, -0.25) is 9.59 Å². The smallest absolute Gasteiger partial charge is 0.326 e. The van der Waals surface area contributed by atoms with Gasteiger partial charge in [0.25, 0.3) is 5.91 Å². The highest BCUT2D eigenvalue weighted by atomic mass is 16.5. The Kier molecular flexibility index (Phi) is 6.35. The molecular weight excluding hydrogens is 278 g/mol. The normalized spacial score (nSPS) is 11.7. The molecule has 1 aromatic carbocycles. The first kappa shape index (κ1) is 16.6. The minimum atomic E-state index is -1.27. The van der Waals surface area contributed by atoms with Crippen molar-refractivity contribution in [1.29, 1.82) is 0 Å². The number of benzene rings is 1. The summed E-state index contributed by atoms with van der Waals surface area (Å²) in [7, 11) is 1.53. The van der Waals surface area contributed by atoms with Crippen LogP contribution < -0.4 is 5.32 Å². The maximum atomic E-state index is 12.0. The summed E-state index contributed by atoms with van der Waals surface area (Å²) in [4.78, 5) is 33.5. The highest BCUT2D eigenvalue weighted by Gasteiger charge is 2.21. The van der Waals surface area contributed by atoms with E-state index in [1.807, 2.05) is 0 Å². The number of nitrogens with one attached hydrogen (secondary N) is 1. The van der Waals surface area contributed by atoms with Gasteiger partial charge in [-0.25, -0.2) is 4.79 Å². The molecule has 7 heteroatoms. The highest BCUT2D eigenvalue weighted by molar-refractivity contribution is 5.96. The van der Waals surface area contributed by atoms with Crippen LogP contribution >= 0.6 is 0 Å². The molecule has 7 nitrogen and oxygen atoms in total. The standard InChI is InChI=1S/C14H17NO6/c1-21-8-9-3-2-4-10(7-9)13(18)15-11(14(19)20)5-6-12(16)17/h2-4,7,11H,5-6,8H2,1H3,(H,15,18)(H,16,17)(H,19,20). The van der Waals surface area contributed by atoms with E-state index in [-0.39, 0.29) is 12.8 Å². The van der Waals surface area contributed by atoms with E-state index in [9.17, 15) is 14.4 Å². The number of carboxylic acid groups (broad SMARTS) is 2. The van der Waals surface area contributed by atoms with Gasteiger partial charge >= 0.3 is 11.9 Å². The van der Waals surface area contributed by atoms with Crippen LogP contribution in [-0.2, 0) is 20.9 Å². The molecule has 0 aliphatic carbocycles. The number of carbonyl (C=O) groups is 3. The van der Waals surface area contributed by atoms with Crippen LogP contribution in [0, 0.1) is 0 Å². The Morgan fingerprint density at radius 1 is 1.29 bits per heavy atom. The SMILES string of the molecule is COCc1cccc(C(=O)NC(CCC(=O)O)C(=O)O)c1. The molecule has 0 saturated carbocycles. The molecule has 0 bridgehead atoms. The molecule has 1 rings (SSSR count). The zero-order valence-corrected chi connectivity index (χ0v) is 11.5. The summed E-state index contributed by atoms with van der Waals surface area (Å²) in [6.45, 7) is 0.336. The van der Waals surface area contributed by atoms with Crippen LogP contribution in [-0.4, -0.2) is 41.2 Å². The maximum Gasteiger partial charge on any atom is 0.326 e. The topological polar surface area (TPSA) is 113 Å². The van der Waals surface area contributed by atoms with E-state index in [4.69, 9.17) is 14.9 Å². The summed E-state index contributed by atoms with van der Waals surface area (Å²) >= 11 is 0. The van der Waals surface area contributed by atoms with Crippen molar-refractivity contribution in [2.75, 3.05) is 7.11 Å². The van der Waals surface area contributed by atoms with E-state index in [1.165, 1.54) is 7.11 Å². The number of rotatable bonds is 8. The van der Waals surface area contributed by atoms with Crippen LogP contribution in [0.3, 0.4) is 0 Å². The van der Waals surface area contributed by atoms with Gasteiger partial charge in [0.1, 0.15) is 6.04 Å². The van der Waals surface area contributed by atoms with Gasteiger partial charge < -0.3 is 20.3 Å². The average Bonchev–Trinajstić information content (AvgIpc) is 2.43. The fourth-order valence-corrected chi connectivity index (χ4v) is 1.74. The van der Waals surface area contributed by atoms with Crippen molar-refractivity contribution < 1.29 is 29.3 Å². The van der Waals surface area contributed by atoms with E-state index in [2.05, 4.69) is 5.32 Å². The van der Waals surface area contributed by atoms with Gasteiger partial charge in [-0.1, -0.05) is 12.1 Å². The second kappa shape index (κ2) is 8.01. The first-order valence-corrected chi connectivity index (χ1v) is 6.27. The number of methoxy groups -OCH3 is 1. The summed E-state index contributed by atoms with van der Waals surface area (Å²) in [5, 5.41) is 19.9. The van der Waals surface area contributed by atoms with Crippen LogP contribution in [0.25, 0.3) is 0 Å². The molecule has 1 amide bonds. The minimum absolute atomic E-state index is 0.172. The quantitative estimate of drug-likeness (QED) is 0.656. The molecule has 0 saturated heterocycles. The van der Waals surface area contributed by atoms with Crippen molar-refractivity contribution >= 4 is 17.8 Å². The van der Waals surface area contributed by atoms with Crippen LogP contribution in [0.2, 0.25) is 0 Å². The highest BCUT2D eigenvalue weighted by Crippen LogP contribution is 2.08. The number of carbonyl (C=O) groups excluding carboxylic acids is 1. The van der Waals surface area contributed by atoms with Crippen molar-refractivity contribution in [3.8, 4) is 0 Å². The molecule has 1 unspecified atom stereocenters. The molecule has 1 atom stereocenters. The Bertz CT molecular complexity index is 528. The third kappa shape index (κ3) is 5.62. The summed E-state index contributed by atoms with van der Waals surface area (Å²) in [5.74, 6) is -2.94. The monoisotopic (exact) mass is 295 g/mol. The van der Waals surface area contributed by atoms with E-state index in [0.717, 1.165) is 5.56 Å². The lowest BCUT2D eigenvalue weighted by molar-refractivity contribution is -0.140. The third-order valence-electron chi connectivity index (χ3n) is 2.75. The lowest BCUT2D eigenvalue weighted by atomic mass is 10.1. The molecule has 0 heterocycles. The van der Waals surface area contributed by atoms with Crippen molar-refractivity contribution in [3.05, 3.63) is 35.4 Å². The molecule has 0 radical (unpaired) electrons. The van der Waals surface area contributed by atoms with E-state index in [1.54, 1.807) is 24.3 Å². The van der Waals surface area contributed by atoms with Gasteiger partial charge in [-0.05, 0) is 24.1 Å². The molecule has 114 valence electrons. The van der Waals surface area contributed by atoms with Crippen molar-refractivity contribution in [2.45, 2.75) is 25.5 Å². The maximum absolute atomic E-state index is 12.0. The predicted molar refractivity (Wildman–Crippen MR) is 72.9 cm³/mol. The Morgan fingerprint density at radius 3 is 2.57 bits per heavy atom. The molecule has 0 aliphatic rings. The van der Waals surface area contributed by atoms with Gasteiger partial charge in [-0.2, -0.15) is 0 Å². The third-order valence-corrected chi connectivity index (χ3v) is 2.75. The summed E-state index contributed by atoms with van der Waals surface area (Å²) in [5.41, 5.74) is 1.08. The van der Waals surface area contributed by atoms with Crippen LogP contribution in [0.1, 0.15) is 28.8 Å². The number of amides is 1. The van der Waals surface area contributed by atoms with Crippen molar-refractivity contribution in [3.63, 3.8) is 0 Å². The Morgan fingerprint density at radius 2 is 2.00 bits per heavy atom. The summed E-state index contributed by atoms with van der Waals surface area (Å²) in [6.07, 6.45) is -0.505. The van der Waals surface area contributed by atoms with Gasteiger partial charge in [0.15, 0.2) is 0 Å². The predicted octanol–water partition coefficient (Wildman–Crippen LogP) is 0.881. The molecule has 0 aromatic heterocycles. The molecule has 1 aromatic rings. The van der Waals surface area contributed by atoms with E-state index < -0.39 is 23.9 Å². The van der Waals surface area contributed by atoms with Crippen LogP contribution in [0.15, 0.2) is 24.3 Å². The molecule has 0 spiro atoms. The number of ether oxygens (including phenoxy) is 1. The van der Waals surface area contributed by atoms with Crippen molar-refractivity contribution in [2.24, 2.45) is 0 Å². The minimum Gasteiger partial charge on any atom is -0.481 e. The second-order valence-electron chi connectivity index (χ2n) is 4.43. The fourth-order valence-electron chi connectivity index (χ4n) is 1.74. The van der Waals surface area contributed by atoms with Gasteiger partial charge in [0.05, 0.1) is 6.61 Å². The van der Waals surface area contributed by atoms with Crippen LogP contribution in [0.4, 0.5) is 0 Å². The molecule has 21 heavy (non-hydrogen) atoms. The Balaban J connectivity index is 2.74. The number of hydrogen-bond acceptors (Lipinski definition) is 4. The van der Waals surface area contributed by atoms with Crippen molar-refractivity contribution in [1.82, 2.24) is 5.32 Å². The molecular formula is C14H17NO6. The average molecular weight is 295 g/mol. The number of aliphatic carboxylic acids is 2. The van der Waals surface area contributed by atoms with Gasteiger partial charge in [-0.15, -0.1) is 0 Å². The lowest BCUT2D eigenvalue weighted by Crippen LogP contribution is -2.41. The van der Waals surface area contributed by atoms with E-state index in [0.29, 0.717) is 12.2 Å². The largest absolute Gasteiger partial charge is 0.481 e. The zero-order chi connectivity index (χ0) is 15.8. The summed E-state index contributed by atoms with van der Waals surface area (Å²) < 4.78 is 4.96. The molecule has 3 N–H and O–H groups in total. The molecule has 0 fully saturated rings. The second-order valence-corrected chi connectivity index (χ2v) is 4.43. The number of carboxylic acids is 2. The summed E-state index contributed by atoms with van der Waals surface area (Å²) in [6, 6.07) is 5.34.